The molecule has 88 valence electrons. The summed E-state index contributed by atoms with van der Waals surface area (Å²) in [7, 11) is 0. The molecule has 1 aliphatic rings. The zero-order valence-electron chi connectivity index (χ0n) is 10.4. The quantitative estimate of drug-likeness (QED) is 0.781. The van der Waals surface area contributed by atoms with Crippen LogP contribution in [0, 0.1) is 23.7 Å². The van der Waals surface area contributed by atoms with E-state index in [-0.39, 0.29) is 17.8 Å². The average Bonchev–Trinajstić information content (AvgIpc) is 2.17. The summed E-state index contributed by atoms with van der Waals surface area (Å²) in [5, 5.41) is 9.89. The predicted molar refractivity (Wildman–Crippen MR) is 61.5 cm³/mol. The van der Waals surface area contributed by atoms with Crippen molar-refractivity contribution >= 4 is 5.78 Å². The molecule has 0 aliphatic heterocycles. The molecule has 1 rings (SSSR count). The first-order valence-corrected chi connectivity index (χ1v) is 6.15. The van der Waals surface area contributed by atoms with Crippen LogP contribution in [0.3, 0.4) is 0 Å². The van der Waals surface area contributed by atoms with E-state index < -0.39 is 0 Å². The summed E-state index contributed by atoms with van der Waals surface area (Å²) in [6.07, 6.45) is 2.75. The van der Waals surface area contributed by atoms with E-state index in [1.165, 1.54) is 0 Å². The van der Waals surface area contributed by atoms with Gasteiger partial charge in [-0.1, -0.05) is 27.2 Å². The van der Waals surface area contributed by atoms with Gasteiger partial charge in [-0.25, -0.2) is 0 Å². The Morgan fingerprint density at radius 3 is 2.53 bits per heavy atom. The fourth-order valence-corrected chi connectivity index (χ4v) is 2.92. The highest BCUT2D eigenvalue weighted by Gasteiger charge is 2.36. The minimum atomic E-state index is -0.152. The van der Waals surface area contributed by atoms with Crippen molar-refractivity contribution in [1.29, 1.82) is 0 Å². The van der Waals surface area contributed by atoms with Crippen LogP contribution in [0.2, 0.25) is 0 Å². The van der Waals surface area contributed by atoms with E-state index in [0.29, 0.717) is 17.8 Å². The third-order valence-electron chi connectivity index (χ3n) is 4.27. The minimum absolute atomic E-state index is 0.152. The standard InChI is InChI=1S/C13H24O2/c1-5-11-7-12(9(3)10(4)14)8(2)6-13(11)15/h8-9,11-13,15H,5-7H2,1-4H3. The van der Waals surface area contributed by atoms with Crippen LogP contribution in [-0.2, 0) is 4.79 Å². The molecule has 0 saturated heterocycles. The average molecular weight is 212 g/mol. The van der Waals surface area contributed by atoms with Crippen molar-refractivity contribution in [3.63, 3.8) is 0 Å². The van der Waals surface area contributed by atoms with E-state index in [0.717, 1.165) is 19.3 Å². The molecule has 5 atom stereocenters. The summed E-state index contributed by atoms with van der Waals surface area (Å²) >= 11 is 0. The molecule has 1 fully saturated rings. The van der Waals surface area contributed by atoms with Gasteiger partial charge in [-0.15, -0.1) is 0 Å². The molecule has 5 unspecified atom stereocenters. The number of hydrogen-bond acceptors (Lipinski definition) is 2. The molecule has 0 aromatic carbocycles. The maximum Gasteiger partial charge on any atom is 0.132 e. The summed E-state index contributed by atoms with van der Waals surface area (Å²) in [5.41, 5.74) is 0. The van der Waals surface area contributed by atoms with Gasteiger partial charge in [0.1, 0.15) is 5.78 Å². The van der Waals surface area contributed by atoms with Gasteiger partial charge < -0.3 is 5.11 Å². The number of carbonyl (C=O) groups is 1. The third-order valence-corrected chi connectivity index (χ3v) is 4.27. The molecule has 0 radical (unpaired) electrons. The Kier molecular flexibility index (Phi) is 4.32. The Morgan fingerprint density at radius 1 is 1.47 bits per heavy atom. The molecule has 0 aromatic heterocycles. The van der Waals surface area contributed by atoms with E-state index in [2.05, 4.69) is 13.8 Å². The second-order valence-corrected chi connectivity index (χ2v) is 5.25. The van der Waals surface area contributed by atoms with Gasteiger partial charge in [0.15, 0.2) is 0 Å². The number of ketones is 1. The first kappa shape index (κ1) is 12.7. The van der Waals surface area contributed by atoms with Crippen molar-refractivity contribution in [2.75, 3.05) is 0 Å². The number of Topliss-reactive ketones (excluding diaryl/α,β-unsaturated/α-hetero) is 1. The van der Waals surface area contributed by atoms with E-state index in [1.54, 1.807) is 6.92 Å². The lowest BCUT2D eigenvalue weighted by Gasteiger charge is -2.39. The summed E-state index contributed by atoms with van der Waals surface area (Å²) in [6, 6.07) is 0. The first-order valence-electron chi connectivity index (χ1n) is 6.15. The summed E-state index contributed by atoms with van der Waals surface area (Å²) < 4.78 is 0. The zero-order chi connectivity index (χ0) is 11.6. The van der Waals surface area contributed by atoms with Crippen LogP contribution in [0.15, 0.2) is 0 Å². The van der Waals surface area contributed by atoms with E-state index in [9.17, 15) is 9.90 Å². The Bertz CT molecular complexity index is 225. The molecule has 15 heavy (non-hydrogen) atoms. The van der Waals surface area contributed by atoms with Crippen LogP contribution >= 0.6 is 0 Å². The number of aliphatic hydroxyl groups excluding tert-OH is 1. The summed E-state index contributed by atoms with van der Waals surface area (Å²) in [5.74, 6) is 1.78. The lowest BCUT2D eigenvalue weighted by atomic mass is 9.67. The van der Waals surface area contributed by atoms with Crippen molar-refractivity contribution in [2.45, 2.75) is 53.1 Å². The molecule has 2 heteroatoms. The van der Waals surface area contributed by atoms with Gasteiger partial charge in [-0.05, 0) is 37.5 Å². The maximum absolute atomic E-state index is 11.4. The smallest absolute Gasteiger partial charge is 0.132 e. The molecular formula is C13H24O2. The van der Waals surface area contributed by atoms with Crippen molar-refractivity contribution in [3.05, 3.63) is 0 Å². The number of hydrogen-bond donors (Lipinski definition) is 1. The Labute approximate surface area is 93.1 Å². The zero-order valence-corrected chi connectivity index (χ0v) is 10.4. The highest BCUT2D eigenvalue weighted by atomic mass is 16.3. The van der Waals surface area contributed by atoms with Crippen molar-refractivity contribution in [2.24, 2.45) is 23.7 Å². The molecule has 1 saturated carbocycles. The molecule has 1 aliphatic carbocycles. The maximum atomic E-state index is 11.4. The van der Waals surface area contributed by atoms with Gasteiger partial charge in [0.2, 0.25) is 0 Å². The Morgan fingerprint density at radius 2 is 2.07 bits per heavy atom. The second-order valence-electron chi connectivity index (χ2n) is 5.25. The molecule has 0 aromatic rings. The molecule has 2 nitrogen and oxygen atoms in total. The Balaban J connectivity index is 2.68. The third kappa shape index (κ3) is 2.81. The van der Waals surface area contributed by atoms with Crippen LogP contribution in [0.5, 0.6) is 0 Å². The SMILES string of the molecule is CCC1CC(C(C)C(C)=O)C(C)CC1O. The highest BCUT2D eigenvalue weighted by molar-refractivity contribution is 5.78. The van der Waals surface area contributed by atoms with Crippen LogP contribution in [-0.4, -0.2) is 17.0 Å². The van der Waals surface area contributed by atoms with Gasteiger partial charge in [0.25, 0.3) is 0 Å². The largest absolute Gasteiger partial charge is 0.393 e. The Hall–Kier alpha value is -0.370. The van der Waals surface area contributed by atoms with Crippen molar-refractivity contribution in [3.8, 4) is 0 Å². The monoisotopic (exact) mass is 212 g/mol. The van der Waals surface area contributed by atoms with Crippen LogP contribution in [0.4, 0.5) is 0 Å². The fourth-order valence-electron chi connectivity index (χ4n) is 2.92. The number of aliphatic hydroxyl groups is 1. The number of carbonyl (C=O) groups excluding carboxylic acids is 1. The number of rotatable bonds is 3. The van der Waals surface area contributed by atoms with Gasteiger partial charge in [0.05, 0.1) is 6.10 Å². The summed E-state index contributed by atoms with van der Waals surface area (Å²) in [6.45, 7) is 8.01. The highest BCUT2D eigenvalue weighted by Crippen LogP contribution is 2.39. The van der Waals surface area contributed by atoms with Crippen molar-refractivity contribution < 1.29 is 9.90 Å². The molecule has 0 spiro atoms. The molecule has 0 heterocycles. The van der Waals surface area contributed by atoms with Gasteiger partial charge >= 0.3 is 0 Å². The van der Waals surface area contributed by atoms with Crippen molar-refractivity contribution in [1.82, 2.24) is 0 Å². The van der Waals surface area contributed by atoms with Crippen LogP contribution in [0.1, 0.15) is 47.0 Å². The topological polar surface area (TPSA) is 37.3 Å². The lowest BCUT2D eigenvalue weighted by molar-refractivity contribution is -0.124. The first-order chi connectivity index (χ1) is 6.97. The van der Waals surface area contributed by atoms with Crippen LogP contribution < -0.4 is 0 Å². The lowest BCUT2D eigenvalue weighted by Crippen LogP contribution is -2.38. The minimum Gasteiger partial charge on any atom is -0.393 e. The predicted octanol–water partition coefficient (Wildman–Crippen LogP) is 2.64. The van der Waals surface area contributed by atoms with Gasteiger partial charge in [0, 0.05) is 5.92 Å². The van der Waals surface area contributed by atoms with Crippen LogP contribution in [0.25, 0.3) is 0 Å². The molecule has 0 amide bonds. The van der Waals surface area contributed by atoms with E-state index >= 15 is 0 Å². The fraction of sp³-hybridized carbons (Fsp3) is 0.923. The molecule has 0 bridgehead atoms. The summed E-state index contributed by atoms with van der Waals surface area (Å²) in [4.78, 5) is 11.4. The van der Waals surface area contributed by atoms with Gasteiger partial charge in [-0.3, -0.25) is 4.79 Å². The molecular weight excluding hydrogens is 188 g/mol. The second kappa shape index (κ2) is 5.11. The van der Waals surface area contributed by atoms with Gasteiger partial charge in [-0.2, -0.15) is 0 Å². The normalized spacial score (nSPS) is 38.7. The van der Waals surface area contributed by atoms with E-state index in [4.69, 9.17) is 0 Å². The molecule has 1 N–H and O–H groups in total. The van der Waals surface area contributed by atoms with E-state index in [1.807, 2.05) is 6.92 Å².